The van der Waals surface area contributed by atoms with Crippen molar-refractivity contribution in [2.45, 2.75) is 36.1 Å². The van der Waals surface area contributed by atoms with E-state index < -0.39 is 0 Å². The zero-order chi connectivity index (χ0) is 13.1. The number of benzene rings is 1. The highest BCUT2D eigenvalue weighted by atomic mass is 32.2. The minimum atomic E-state index is 0.759. The maximum atomic E-state index is 4.10. The van der Waals surface area contributed by atoms with Crippen LogP contribution in [0, 0.1) is 0 Å². The summed E-state index contributed by atoms with van der Waals surface area (Å²) in [5, 5.41) is 11.5. The molecule has 0 amide bonds. The van der Waals surface area contributed by atoms with Gasteiger partial charge in [0.1, 0.15) is 12.2 Å². The third-order valence-electron chi connectivity index (χ3n) is 3.24. The molecule has 1 saturated carbocycles. The van der Waals surface area contributed by atoms with Gasteiger partial charge in [0.2, 0.25) is 0 Å². The molecule has 1 heterocycles. The number of hydrogen-bond donors (Lipinski definition) is 1. The van der Waals surface area contributed by atoms with E-state index in [0.717, 1.165) is 24.2 Å². The number of nitrogens with zero attached hydrogens (tertiary/aromatic N) is 3. The molecule has 3 rings (SSSR count). The Kier molecular flexibility index (Phi) is 3.84. The van der Waals surface area contributed by atoms with Crippen LogP contribution in [0.25, 0.3) is 0 Å². The lowest BCUT2D eigenvalue weighted by Gasteiger charge is -2.06. The molecule has 1 fully saturated rings. The molecule has 0 spiro atoms. The molecule has 1 aromatic carbocycles. The second-order valence-corrected chi connectivity index (χ2v) is 6.00. The Morgan fingerprint density at radius 1 is 1.42 bits per heavy atom. The Morgan fingerprint density at radius 3 is 3.05 bits per heavy atom. The van der Waals surface area contributed by atoms with Gasteiger partial charge in [-0.1, -0.05) is 12.1 Å². The van der Waals surface area contributed by atoms with Crippen LogP contribution in [0.15, 0.2) is 35.5 Å². The number of rotatable bonds is 6. The summed E-state index contributed by atoms with van der Waals surface area (Å²) >= 11 is 1.81. The number of hydrogen-bond acceptors (Lipinski definition) is 4. The van der Waals surface area contributed by atoms with Crippen molar-refractivity contribution in [2.24, 2.45) is 7.05 Å². The Labute approximate surface area is 117 Å². The molecule has 0 radical (unpaired) electrons. The molecule has 100 valence electrons. The van der Waals surface area contributed by atoms with E-state index in [-0.39, 0.29) is 0 Å². The van der Waals surface area contributed by atoms with Crippen LogP contribution >= 0.6 is 11.8 Å². The fourth-order valence-electron chi connectivity index (χ4n) is 1.88. The van der Waals surface area contributed by atoms with Gasteiger partial charge < -0.3 is 9.88 Å². The molecule has 5 heteroatoms. The topological polar surface area (TPSA) is 42.7 Å². The first-order valence-electron chi connectivity index (χ1n) is 6.59. The maximum absolute atomic E-state index is 4.10. The van der Waals surface area contributed by atoms with Crippen molar-refractivity contribution in [2.75, 3.05) is 0 Å². The summed E-state index contributed by atoms with van der Waals surface area (Å²) in [6.45, 7) is 0.975. The van der Waals surface area contributed by atoms with Crippen molar-refractivity contribution in [3.8, 4) is 0 Å². The lowest BCUT2D eigenvalue weighted by molar-refractivity contribution is 0.687. The molecule has 1 aliphatic rings. The molecular formula is C14H18N4S. The van der Waals surface area contributed by atoms with E-state index in [9.17, 15) is 0 Å². The summed E-state index contributed by atoms with van der Waals surface area (Å²) in [6, 6.07) is 9.48. The monoisotopic (exact) mass is 274 g/mol. The Bertz CT molecular complexity index is 548. The highest BCUT2D eigenvalue weighted by Crippen LogP contribution is 2.23. The molecule has 1 aliphatic carbocycles. The van der Waals surface area contributed by atoms with Crippen molar-refractivity contribution >= 4 is 11.8 Å². The SMILES string of the molecule is Cn1cnnc1CSc1cccc(CNC2CC2)c1. The van der Waals surface area contributed by atoms with Crippen molar-refractivity contribution < 1.29 is 0 Å². The van der Waals surface area contributed by atoms with Gasteiger partial charge in [0.05, 0.1) is 5.75 Å². The summed E-state index contributed by atoms with van der Waals surface area (Å²) in [5.41, 5.74) is 1.36. The van der Waals surface area contributed by atoms with E-state index in [1.807, 2.05) is 11.6 Å². The van der Waals surface area contributed by atoms with E-state index in [2.05, 4.69) is 39.8 Å². The number of aryl methyl sites for hydroxylation is 1. The molecular weight excluding hydrogens is 256 g/mol. The van der Waals surface area contributed by atoms with Gasteiger partial charge in [0, 0.05) is 24.5 Å². The van der Waals surface area contributed by atoms with Crippen LogP contribution in [0.1, 0.15) is 24.2 Å². The smallest absolute Gasteiger partial charge is 0.142 e. The maximum Gasteiger partial charge on any atom is 0.142 e. The predicted octanol–water partition coefficient (Wildman–Crippen LogP) is 2.36. The van der Waals surface area contributed by atoms with Crippen molar-refractivity contribution in [3.05, 3.63) is 42.0 Å². The van der Waals surface area contributed by atoms with E-state index in [1.54, 1.807) is 18.1 Å². The predicted molar refractivity (Wildman–Crippen MR) is 76.9 cm³/mol. The fraction of sp³-hybridized carbons (Fsp3) is 0.429. The second-order valence-electron chi connectivity index (χ2n) is 4.95. The van der Waals surface area contributed by atoms with Crippen molar-refractivity contribution in [3.63, 3.8) is 0 Å². The first-order chi connectivity index (χ1) is 9.31. The van der Waals surface area contributed by atoms with Crippen LogP contribution < -0.4 is 5.32 Å². The molecule has 19 heavy (non-hydrogen) atoms. The molecule has 2 aromatic rings. The molecule has 1 aromatic heterocycles. The second kappa shape index (κ2) is 5.75. The quantitative estimate of drug-likeness (QED) is 0.821. The normalized spacial score (nSPS) is 14.8. The largest absolute Gasteiger partial charge is 0.320 e. The summed E-state index contributed by atoms with van der Waals surface area (Å²) in [6.07, 6.45) is 4.41. The van der Waals surface area contributed by atoms with Gasteiger partial charge >= 0.3 is 0 Å². The Balaban J connectivity index is 1.57. The van der Waals surface area contributed by atoms with Crippen LogP contribution in [0.5, 0.6) is 0 Å². The Morgan fingerprint density at radius 2 is 2.32 bits per heavy atom. The summed E-state index contributed by atoms with van der Waals surface area (Å²) in [5.74, 6) is 1.86. The van der Waals surface area contributed by atoms with Gasteiger partial charge in [0.25, 0.3) is 0 Å². The first-order valence-corrected chi connectivity index (χ1v) is 7.58. The highest BCUT2D eigenvalue weighted by Gasteiger charge is 2.19. The number of aromatic nitrogens is 3. The van der Waals surface area contributed by atoms with Gasteiger partial charge in [-0.15, -0.1) is 22.0 Å². The molecule has 4 nitrogen and oxygen atoms in total. The third kappa shape index (κ3) is 3.58. The van der Waals surface area contributed by atoms with Crippen LogP contribution in [-0.4, -0.2) is 20.8 Å². The summed E-state index contributed by atoms with van der Waals surface area (Å²) < 4.78 is 1.96. The lowest BCUT2D eigenvalue weighted by atomic mass is 10.2. The summed E-state index contributed by atoms with van der Waals surface area (Å²) in [4.78, 5) is 1.29. The Hall–Kier alpha value is -1.33. The molecule has 0 bridgehead atoms. The molecule has 0 saturated heterocycles. The van der Waals surface area contributed by atoms with Gasteiger partial charge in [-0.2, -0.15) is 0 Å². The van der Waals surface area contributed by atoms with Gasteiger partial charge in [-0.3, -0.25) is 0 Å². The minimum Gasteiger partial charge on any atom is -0.320 e. The van der Waals surface area contributed by atoms with Crippen LogP contribution in [0.3, 0.4) is 0 Å². The average molecular weight is 274 g/mol. The van der Waals surface area contributed by atoms with E-state index in [0.29, 0.717) is 0 Å². The van der Waals surface area contributed by atoms with E-state index in [1.165, 1.54) is 23.3 Å². The zero-order valence-corrected chi connectivity index (χ0v) is 11.9. The van der Waals surface area contributed by atoms with Gasteiger partial charge in [0.15, 0.2) is 0 Å². The fourth-order valence-corrected chi connectivity index (χ4v) is 2.85. The van der Waals surface area contributed by atoms with Crippen LogP contribution in [0.2, 0.25) is 0 Å². The zero-order valence-electron chi connectivity index (χ0n) is 11.0. The molecule has 0 atom stereocenters. The number of thioether (sulfide) groups is 1. The van der Waals surface area contributed by atoms with Crippen molar-refractivity contribution in [1.82, 2.24) is 20.1 Å². The molecule has 0 aliphatic heterocycles. The van der Waals surface area contributed by atoms with E-state index >= 15 is 0 Å². The standard InChI is InChI=1S/C14H18N4S/c1-18-10-16-17-14(18)9-19-13-4-2-3-11(7-13)8-15-12-5-6-12/h2-4,7,10,12,15H,5-6,8-9H2,1H3. The summed E-state index contributed by atoms with van der Waals surface area (Å²) in [7, 11) is 1.98. The lowest BCUT2D eigenvalue weighted by Crippen LogP contribution is -2.15. The van der Waals surface area contributed by atoms with E-state index in [4.69, 9.17) is 0 Å². The average Bonchev–Trinajstić information content (AvgIpc) is 3.17. The third-order valence-corrected chi connectivity index (χ3v) is 4.23. The van der Waals surface area contributed by atoms with Gasteiger partial charge in [-0.05, 0) is 30.5 Å². The minimum absolute atomic E-state index is 0.759. The highest BCUT2D eigenvalue weighted by molar-refractivity contribution is 7.98. The van der Waals surface area contributed by atoms with Crippen LogP contribution in [0.4, 0.5) is 0 Å². The van der Waals surface area contributed by atoms with Crippen LogP contribution in [-0.2, 0) is 19.3 Å². The van der Waals surface area contributed by atoms with Crippen molar-refractivity contribution in [1.29, 1.82) is 0 Å². The molecule has 0 unspecified atom stereocenters. The number of nitrogens with one attached hydrogen (secondary N) is 1. The van der Waals surface area contributed by atoms with Gasteiger partial charge in [-0.25, -0.2) is 0 Å². The molecule has 1 N–H and O–H groups in total. The first kappa shape index (κ1) is 12.7.